The highest BCUT2D eigenvalue weighted by atomic mass is 35.5. The number of carboxylic acid groups (broad SMARTS) is 1. The Kier molecular flexibility index (Phi) is 10.0. The molecule has 3 fully saturated rings. The van der Waals surface area contributed by atoms with Crippen molar-refractivity contribution in [3.63, 3.8) is 0 Å². The van der Waals surface area contributed by atoms with E-state index in [1.165, 1.54) is 0 Å². The number of carbonyl (C=O) groups is 5. The first kappa shape index (κ1) is 33.1. The maximum Gasteiger partial charge on any atom is 0.326 e. The van der Waals surface area contributed by atoms with Gasteiger partial charge < -0.3 is 26.4 Å². The summed E-state index contributed by atoms with van der Waals surface area (Å²) in [7, 11) is 0. The van der Waals surface area contributed by atoms with Crippen LogP contribution in [0.25, 0.3) is 0 Å². The molecule has 2 aliphatic carbocycles. The van der Waals surface area contributed by atoms with Crippen molar-refractivity contribution in [1.82, 2.24) is 10.2 Å². The summed E-state index contributed by atoms with van der Waals surface area (Å²) in [6, 6.07) is 4.92. The first-order chi connectivity index (χ1) is 20.2. The highest BCUT2D eigenvalue weighted by Crippen LogP contribution is 2.57. The Bertz CT molecular complexity index is 1250. The summed E-state index contributed by atoms with van der Waals surface area (Å²) in [5, 5.41) is 14.8. The number of nitrogens with two attached hydrogens (primary N) is 1. The van der Waals surface area contributed by atoms with Crippen LogP contribution in [0.1, 0.15) is 71.3 Å². The standard InChI is InChI=1S/C31H42Cl2N4O6/c1-30(2)19(13-14-31(30,3)29(43)37-15-5-8-23(37)25(34)38)26(39)36-22(28(41)42)16-17-9-11-18(12-10-17)35-27(40)24-20(32)6-4-7-21(24)33/h9-12,19-24H,4-8,13-16H2,1-3H3,(H2,34,38)(H,35,40)(H,36,39)(H,41,42)/t19-,20?,21?,22+,23-,24?,31+/m1/s1. The van der Waals surface area contributed by atoms with Gasteiger partial charge in [-0.15, -0.1) is 23.2 Å². The molecular weight excluding hydrogens is 595 g/mol. The zero-order valence-electron chi connectivity index (χ0n) is 24.9. The molecule has 0 radical (unpaired) electrons. The molecule has 6 atom stereocenters. The molecule has 0 spiro atoms. The summed E-state index contributed by atoms with van der Waals surface area (Å²) in [6.45, 7) is 5.97. The number of carbonyl (C=O) groups excluding carboxylic acids is 4. The number of alkyl halides is 2. The van der Waals surface area contributed by atoms with Gasteiger partial charge in [-0.25, -0.2) is 4.79 Å². The third-order valence-electron chi connectivity index (χ3n) is 10.2. The van der Waals surface area contributed by atoms with Crippen LogP contribution in [0.2, 0.25) is 0 Å². The summed E-state index contributed by atoms with van der Waals surface area (Å²) in [4.78, 5) is 65.7. The van der Waals surface area contributed by atoms with Crippen LogP contribution in [-0.4, -0.2) is 69.0 Å². The van der Waals surface area contributed by atoms with Gasteiger partial charge in [-0.1, -0.05) is 39.3 Å². The van der Waals surface area contributed by atoms with E-state index in [-0.39, 0.29) is 29.0 Å². The second-order valence-electron chi connectivity index (χ2n) is 13.0. The highest BCUT2D eigenvalue weighted by Gasteiger charge is 2.60. The van der Waals surface area contributed by atoms with Gasteiger partial charge in [0.15, 0.2) is 0 Å². The van der Waals surface area contributed by atoms with Crippen molar-refractivity contribution in [2.24, 2.45) is 28.4 Å². The fraction of sp³-hybridized carbons (Fsp3) is 0.645. The SMILES string of the molecule is CC1(C)[C@@H](C(=O)N[C@@H](Cc2ccc(NC(=O)C3C(Cl)CCCC3Cl)cc2)C(=O)O)CC[C@@]1(C)C(=O)N1CCC[C@@H]1C(N)=O. The van der Waals surface area contributed by atoms with Gasteiger partial charge in [-0.05, 0) is 61.6 Å². The lowest BCUT2D eigenvalue weighted by Crippen LogP contribution is -2.55. The summed E-state index contributed by atoms with van der Waals surface area (Å²) in [5.74, 6) is -3.68. The quantitative estimate of drug-likeness (QED) is 0.303. The predicted molar refractivity (Wildman–Crippen MR) is 164 cm³/mol. The van der Waals surface area contributed by atoms with Crippen LogP contribution >= 0.6 is 23.2 Å². The number of aliphatic carboxylic acids is 1. The Hall–Kier alpha value is -2.85. The van der Waals surface area contributed by atoms with Crippen LogP contribution in [0.3, 0.4) is 0 Å². The number of carboxylic acids is 1. The molecule has 4 rings (SSSR count). The Labute approximate surface area is 262 Å². The number of nitrogens with zero attached hydrogens (tertiary/aromatic N) is 1. The molecule has 1 aliphatic heterocycles. The van der Waals surface area contributed by atoms with Gasteiger partial charge in [-0.2, -0.15) is 0 Å². The van der Waals surface area contributed by atoms with Gasteiger partial charge in [0, 0.05) is 35.3 Å². The van der Waals surface area contributed by atoms with Crippen LogP contribution in [0, 0.1) is 22.7 Å². The van der Waals surface area contributed by atoms with Crippen molar-refractivity contribution >= 4 is 58.5 Å². The molecule has 4 amide bonds. The van der Waals surface area contributed by atoms with Gasteiger partial charge in [-0.3, -0.25) is 19.2 Å². The number of hydrogen-bond donors (Lipinski definition) is 4. The number of likely N-dealkylation sites (tertiary alicyclic amines) is 1. The Morgan fingerprint density at radius 2 is 1.60 bits per heavy atom. The molecule has 0 bridgehead atoms. The zero-order chi connectivity index (χ0) is 31.7. The minimum absolute atomic E-state index is 0.0306. The van der Waals surface area contributed by atoms with Crippen molar-refractivity contribution in [3.8, 4) is 0 Å². The summed E-state index contributed by atoms with van der Waals surface area (Å²) < 4.78 is 0. The van der Waals surface area contributed by atoms with Gasteiger partial charge in [0.2, 0.25) is 23.6 Å². The summed E-state index contributed by atoms with van der Waals surface area (Å²) in [5.41, 5.74) is 5.02. The molecule has 3 aliphatic rings. The second kappa shape index (κ2) is 13.0. The molecular formula is C31H42Cl2N4O6. The second-order valence-corrected chi connectivity index (χ2v) is 14.1. The monoisotopic (exact) mass is 636 g/mol. The minimum Gasteiger partial charge on any atom is -0.480 e. The third kappa shape index (κ3) is 6.65. The number of hydrogen-bond acceptors (Lipinski definition) is 5. The van der Waals surface area contributed by atoms with E-state index < -0.39 is 52.5 Å². The number of anilines is 1. The van der Waals surface area contributed by atoms with E-state index >= 15 is 0 Å². The van der Waals surface area contributed by atoms with Crippen molar-refractivity contribution < 1.29 is 29.1 Å². The Balaban J connectivity index is 1.39. The molecule has 1 aromatic rings. The molecule has 10 nitrogen and oxygen atoms in total. The zero-order valence-corrected chi connectivity index (χ0v) is 26.4. The number of amides is 4. The molecule has 43 heavy (non-hydrogen) atoms. The smallest absolute Gasteiger partial charge is 0.326 e. The van der Waals surface area contributed by atoms with Crippen LogP contribution in [-0.2, 0) is 30.4 Å². The maximum atomic E-state index is 13.7. The lowest BCUT2D eigenvalue weighted by molar-refractivity contribution is -0.152. The van der Waals surface area contributed by atoms with Crippen molar-refractivity contribution in [2.75, 3.05) is 11.9 Å². The first-order valence-electron chi connectivity index (χ1n) is 15.0. The number of benzene rings is 1. The summed E-state index contributed by atoms with van der Waals surface area (Å²) >= 11 is 12.7. The highest BCUT2D eigenvalue weighted by molar-refractivity contribution is 6.27. The van der Waals surface area contributed by atoms with Gasteiger partial charge in [0.25, 0.3) is 0 Å². The molecule has 12 heteroatoms. The van der Waals surface area contributed by atoms with Gasteiger partial charge in [0.05, 0.1) is 11.3 Å². The number of halogens is 2. The van der Waals surface area contributed by atoms with E-state index in [0.29, 0.717) is 43.5 Å². The minimum atomic E-state index is -1.19. The molecule has 2 unspecified atom stereocenters. The third-order valence-corrected chi connectivity index (χ3v) is 11.2. The average molecular weight is 638 g/mol. The lowest BCUT2D eigenvalue weighted by Gasteiger charge is -2.43. The summed E-state index contributed by atoms with van der Waals surface area (Å²) in [6.07, 6.45) is 4.42. The topological polar surface area (TPSA) is 159 Å². The molecule has 2 saturated carbocycles. The van der Waals surface area contributed by atoms with E-state index in [9.17, 15) is 29.1 Å². The van der Waals surface area contributed by atoms with Crippen LogP contribution in [0.4, 0.5) is 5.69 Å². The van der Waals surface area contributed by atoms with Gasteiger partial charge in [0.1, 0.15) is 12.1 Å². The molecule has 0 aromatic heterocycles. The number of rotatable bonds is 9. The van der Waals surface area contributed by atoms with E-state index in [1.54, 1.807) is 29.2 Å². The molecule has 236 valence electrons. The number of nitrogens with one attached hydrogen (secondary N) is 2. The fourth-order valence-electron chi connectivity index (χ4n) is 7.04. The van der Waals surface area contributed by atoms with Crippen LogP contribution in [0.5, 0.6) is 0 Å². The largest absolute Gasteiger partial charge is 0.480 e. The normalized spacial score (nSPS) is 30.8. The Morgan fingerprint density at radius 1 is 0.977 bits per heavy atom. The molecule has 1 heterocycles. The maximum absolute atomic E-state index is 13.7. The molecule has 1 saturated heterocycles. The van der Waals surface area contributed by atoms with E-state index in [4.69, 9.17) is 28.9 Å². The van der Waals surface area contributed by atoms with Crippen LogP contribution < -0.4 is 16.4 Å². The van der Waals surface area contributed by atoms with E-state index in [2.05, 4.69) is 10.6 Å². The fourth-order valence-corrected chi connectivity index (χ4v) is 8.01. The van der Waals surface area contributed by atoms with Crippen molar-refractivity contribution in [2.45, 2.75) is 95.0 Å². The lowest BCUT2D eigenvalue weighted by atomic mass is 9.64. The van der Waals surface area contributed by atoms with Crippen molar-refractivity contribution in [1.29, 1.82) is 0 Å². The number of primary amides is 1. The van der Waals surface area contributed by atoms with Gasteiger partial charge >= 0.3 is 5.97 Å². The van der Waals surface area contributed by atoms with Crippen LogP contribution in [0.15, 0.2) is 24.3 Å². The van der Waals surface area contributed by atoms with E-state index in [0.717, 1.165) is 19.3 Å². The first-order valence-corrected chi connectivity index (χ1v) is 15.9. The van der Waals surface area contributed by atoms with Crippen molar-refractivity contribution in [3.05, 3.63) is 29.8 Å². The molecule has 5 N–H and O–H groups in total. The molecule has 1 aromatic carbocycles. The van der Waals surface area contributed by atoms with E-state index in [1.807, 2.05) is 20.8 Å². The predicted octanol–water partition coefficient (Wildman–Crippen LogP) is 3.67. The average Bonchev–Trinajstić information content (AvgIpc) is 3.52. The Morgan fingerprint density at radius 3 is 2.19 bits per heavy atom.